The second-order valence-corrected chi connectivity index (χ2v) is 7.10. The molecule has 1 heteroatoms. The van der Waals surface area contributed by atoms with Crippen molar-refractivity contribution in [2.75, 3.05) is 5.32 Å². The van der Waals surface area contributed by atoms with Crippen molar-refractivity contribution in [2.45, 2.75) is 70.8 Å². The van der Waals surface area contributed by atoms with Gasteiger partial charge in [0.1, 0.15) is 0 Å². The summed E-state index contributed by atoms with van der Waals surface area (Å²) in [5, 5.41) is 3.64. The Morgan fingerprint density at radius 2 is 1.75 bits per heavy atom. The van der Waals surface area contributed by atoms with E-state index < -0.39 is 0 Å². The Morgan fingerprint density at radius 3 is 2.50 bits per heavy atom. The largest absolute Gasteiger partial charge is 0.382 e. The van der Waals surface area contributed by atoms with Gasteiger partial charge in [0.15, 0.2) is 0 Å². The van der Waals surface area contributed by atoms with Crippen molar-refractivity contribution in [3.63, 3.8) is 0 Å². The monoisotopic (exact) mass is 271 g/mol. The highest BCUT2D eigenvalue weighted by atomic mass is 14.9. The topological polar surface area (TPSA) is 12.0 Å². The molecule has 1 saturated carbocycles. The standard InChI is InChI=1S/C19H29N/c1-3-15-8-10-16(11-9-15)13-17-12-14(2)20-19-7-5-4-6-18(17)19/h4-7,14-17,20H,3,8-13H2,1-2H3. The van der Waals surface area contributed by atoms with E-state index in [-0.39, 0.29) is 0 Å². The quantitative estimate of drug-likeness (QED) is 0.756. The number of benzene rings is 1. The highest BCUT2D eigenvalue weighted by Crippen LogP contribution is 2.42. The van der Waals surface area contributed by atoms with E-state index in [2.05, 4.69) is 43.4 Å². The molecule has 1 fully saturated rings. The number of hydrogen-bond acceptors (Lipinski definition) is 1. The molecule has 1 aliphatic heterocycles. The molecule has 0 bridgehead atoms. The summed E-state index contributed by atoms with van der Waals surface area (Å²) >= 11 is 0. The molecule has 0 radical (unpaired) electrons. The molecular formula is C19H29N. The highest BCUT2D eigenvalue weighted by molar-refractivity contribution is 5.55. The van der Waals surface area contributed by atoms with Crippen LogP contribution in [0.1, 0.15) is 70.3 Å². The Balaban J connectivity index is 1.66. The summed E-state index contributed by atoms with van der Waals surface area (Å²) in [4.78, 5) is 0. The third kappa shape index (κ3) is 3.02. The zero-order chi connectivity index (χ0) is 13.9. The molecule has 0 aromatic heterocycles. The summed E-state index contributed by atoms with van der Waals surface area (Å²) in [6.45, 7) is 4.69. The van der Waals surface area contributed by atoms with Crippen molar-refractivity contribution in [3.05, 3.63) is 29.8 Å². The van der Waals surface area contributed by atoms with Gasteiger partial charge in [-0.1, -0.05) is 57.2 Å². The summed E-state index contributed by atoms with van der Waals surface area (Å²) in [6, 6.07) is 9.59. The molecule has 0 spiro atoms. The zero-order valence-corrected chi connectivity index (χ0v) is 13.1. The van der Waals surface area contributed by atoms with Crippen molar-refractivity contribution < 1.29 is 0 Å². The fraction of sp³-hybridized carbons (Fsp3) is 0.684. The van der Waals surface area contributed by atoms with Gasteiger partial charge in [-0.25, -0.2) is 0 Å². The lowest BCUT2D eigenvalue weighted by Crippen LogP contribution is -2.27. The minimum absolute atomic E-state index is 0.627. The summed E-state index contributed by atoms with van der Waals surface area (Å²) in [6.07, 6.45) is 10.0. The van der Waals surface area contributed by atoms with Crippen LogP contribution in [0.3, 0.4) is 0 Å². The van der Waals surface area contributed by atoms with E-state index in [1.165, 1.54) is 50.6 Å². The van der Waals surface area contributed by atoms with E-state index in [0.29, 0.717) is 6.04 Å². The Labute approximate surface area is 124 Å². The van der Waals surface area contributed by atoms with Crippen LogP contribution in [0.2, 0.25) is 0 Å². The Hall–Kier alpha value is -0.980. The van der Waals surface area contributed by atoms with Gasteiger partial charge in [-0.2, -0.15) is 0 Å². The fourth-order valence-corrected chi connectivity index (χ4v) is 4.36. The molecule has 2 atom stereocenters. The fourth-order valence-electron chi connectivity index (χ4n) is 4.36. The van der Waals surface area contributed by atoms with Crippen LogP contribution in [0.4, 0.5) is 5.69 Å². The molecule has 2 aliphatic rings. The molecule has 2 unspecified atom stereocenters. The third-order valence-corrected chi connectivity index (χ3v) is 5.60. The van der Waals surface area contributed by atoms with E-state index in [1.807, 2.05) is 0 Å². The minimum atomic E-state index is 0.627. The van der Waals surface area contributed by atoms with Gasteiger partial charge in [0, 0.05) is 11.7 Å². The second-order valence-electron chi connectivity index (χ2n) is 7.10. The molecule has 1 heterocycles. The average Bonchev–Trinajstić information content (AvgIpc) is 2.48. The van der Waals surface area contributed by atoms with Crippen molar-refractivity contribution in [2.24, 2.45) is 11.8 Å². The maximum Gasteiger partial charge on any atom is 0.0377 e. The van der Waals surface area contributed by atoms with Crippen LogP contribution in [0, 0.1) is 11.8 Å². The molecule has 0 saturated heterocycles. The Bertz CT molecular complexity index is 431. The summed E-state index contributed by atoms with van der Waals surface area (Å²) in [7, 11) is 0. The van der Waals surface area contributed by atoms with E-state index in [4.69, 9.17) is 0 Å². The number of fused-ring (bicyclic) bond motifs is 1. The molecule has 1 aromatic carbocycles. The van der Waals surface area contributed by atoms with Gasteiger partial charge >= 0.3 is 0 Å². The van der Waals surface area contributed by atoms with Crippen molar-refractivity contribution >= 4 is 5.69 Å². The van der Waals surface area contributed by atoms with Gasteiger partial charge in [-0.05, 0) is 49.1 Å². The second kappa shape index (κ2) is 6.20. The molecule has 1 N–H and O–H groups in total. The first-order valence-corrected chi connectivity index (χ1v) is 8.61. The van der Waals surface area contributed by atoms with Crippen LogP contribution in [0.25, 0.3) is 0 Å². The summed E-state index contributed by atoms with van der Waals surface area (Å²) < 4.78 is 0. The van der Waals surface area contributed by atoms with Crippen LogP contribution < -0.4 is 5.32 Å². The van der Waals surface area contributed by atoms with Crippen LogP contribution in [-0.2, 0) is 0 Å². The van der Waals surface area contributed by atoms with Crippen molar-refractivity contribution in [1.29, 1.82) is 0 Å². The van der Waals surface area contributed by atoms with Gasteiger partial charge in [0.25, 0.3) is 0 Å². The lowest BCUT2D eigenvalue weighted by atomic mass is 9.74. The molecule has 1 aromatic rings. The van der Waals surface area contributed by atoms with E-state index in [0.717, 1.165) is 17.8 Å². The molecule has 20 heavy (non-hydrogen) atoms. The molecule has 1 aliphatic carbocycles. The van der Waals surface area contributed by atoms with Crippen LogP contribution >= 0.6 is 0 Å². The first-order valence-electron chi connectivity index (χ1n) is 8.61. The maximum atomic E-state index is 3.64. The SMILES string of the molecule is CCC1CCC(CC2CC(C)Nc3ccccc32)CC1. The number of nitrogens with one attached hydrogen (secondary N) is 1. The third-order valence-electron chi connectivity index (χ3n) is 5.60. The summed E-state index contributed by atoms with van der Waals surface area (Å²) in [5.41, 5.74) is 2.96. The number of anilines is 1. The van der Waals surface area contributed by atoms with Gasteiger partial charge in [-0.3, -0.25) is 0 Å². The maximum absolute atomic E-state index is 3.64. The number of para-hydroxylation sites is 1. The van der Waals surface area contributed by atoms with E-state index >= 15 is 0 Å². The van der Waals surface area contributed by atoms with Crippen LogP contribution in [-0.4, -0.2) is 6.04 Å². The minimum Gasteiger partial charge on any atom is -0.382 e. The predicted molar refractivity (Wildman–Crippen MR) is 87.2 cm³/mol. The van der Waals surface area contributed by atoms with Gasteiger partial charge in [0.2, 0.25) is 0 Å². The van der Waals surface area contributed by atoms with E-state index in [9.17, 15) is 0 Å². The Kier molecular flexibility index (Phi) is 4.33. The van der Waals surface area contributed by atoms with Gasteiger partial charge in [0.05, 0.1) is 0 Å². The number of hydrogen-bond donors (Lipinski definition) is 1. The molecule has 110 valence electrons. The normalized spacial score (nSPS) is 33.3. The first-order chi connectivity index (χ1) is 9.76. The smallest absolute Gasteiger partial charge is 0.0377 e. The van der Waals surface area contributed by atoms with Gasteiger partial charge in [-0.15, -0.1) is 0 Å². The molecule has 0 amide bonds. The summed E-state index contributed by atoms with van der Waals surface area (Å²) in [5.74, 6) is 2.78. The van der Waals surface area contributed by atoms with E-state index in [1.54, 1.807) is 5.56 Å². The lowest BCUT2D eigenvalue weighted by molar-refractivity contribution is 0.243. The first kappa shape index (κ1) is 14.0. The lowest BCUT2D eigenvalue weighted by Gasteiger charge is -2.35. The van der Waals surface area contributed by atoms with Gasteiger partial charge < -0.3 is 5.32 Å². The van der Waals surface area contributed by atoms with Crippen LogP contribution in [0.15, 0.2) is 24.3 Å². The average molecular weight is 271 g/mol. The van der Waals surface area contributed by atoms with Crippen molar-refractivity contribution in [1.82, 2.24) is 0 Å². The predicted octanol–water partition coefficient (Wildman–Crippen LogP) is 5.58. The highest BCUT2D eigenvalue weighted by Gasteiger charge is 2.28. The zero-order valence-electron chi connectivity index (χ0n) is 13.1. The Morgan fingerprint density at radius 1 is 1.05 bits per heavy atom. The number of rotatable bonds is 3. The van der Waals surface area contributed by atoms with Crippen LogP contribution in [0.5, 0.6) is 0 Å². The van der Waals surface area contributed by atoms with Crippen molar-refractivity contribution in [3.8, 4) is 0 Å². The molecule has 3 rings (SSSR count). The molecular weight excluding hydrogens is 242 g/mol. The molecule has 1 nitrogen and oxygen atoms in total.